The van der Waals surface area contributed by atoms with E-state index in [4.69, 9.17) is 16.7 Å². The van der Waals surface area contributed by atoms with Gasteiger partial charge in [-0.15, -0.1) is 0 Å². The molecule has 2 rings (SSSR count). The van der Waals surface area contributed by atoms with E-state index in [0.29, 0.717) is 11.6 Å². The molecule has 5 heteroatoms. The molecule has 22 heavy (non-hydrogen) atoms. The number of hydrogen-bond donors (Lipinski definition) is 2. The fourth-order valence-electron chi connectivity index (χ4n) is 3.04. The number of carboxylic acid groups (broad SMARTS) is 1. The molecular weight excluding hydrogens is 300 g/mol. The fourth-order valence-corrected chi connectivity index (χ4v) is 3.28. The van der Waals surface area contributed by atoms with Gasteiger partial charge in [-0.25, -0.2) is 0 Å². The minimum absolute atomic E-state index is 0.0863. The van der Waals surface area contributed by atoms with E-state index in [9.17, 15) is 4.79 Å². The highest BCUT2D eigenvalue weighted by atomic mass is 35.5. The van der Waals surface area contributed by atoms with Gasteiger partial charge in [-0.3, -0.25) is 4.79 Å². The Hall–Kier alpha value is -1.42. The number of nitrogens with zero attached hydrogens (tertiary/aromatic N) is 1. The van der Waals surface area contributed by atoms with Crippen molar-refractivity contribution in [3.8, 4) is 0 Å². The molecule has 0 unspecified atom stereocenters. The largest absolute Gasteiger partial charge is 0.481 e. The molecule has 0 saturated carbocycles. The molecule has 1 aliphatic heterocycles. The van der Waals surface area contributed by atoms with Crippen molar-refractivity contribution in [1.82, 2.24) is 0 Å². The zero-order valence-electron chi connectivity index (χ0n) is 13.1. The number of rotatable bonds is 7. The normalized spacial score (nSPS) is 15.8. The SMILES string of the molecule is CCCC1CCN(c2ccc(NCCC(=O)O)c(Cl)c2)CC1. The standard InChI is InChI=1S/C17H25ClN2O2/c1-2-3-13-7-10-20(11-8-13)14-4-5-16(15(18)12-14)19-9-6-17(21)22/h4-5,12-13,19H,2-3,6-11H2,1H3,(H,21,22). The second kappa shape index (κ2) is 8.28. The molecule has 1 fully saturated rings. The first kappa shape index (κ1) is 16.9. The Morgan fingerprint density at radius 3 is 2.73 bits per heavy atom. The van der Waals surface area contributed by atoms with Gasteiger partial charge in [0.2, 0.25) is 0 Å². The molecule has 0 amide bonds. The summed E-state index contributed by atoms with van der Waals surface area (Å²) in [6.45, 7) is 4.82. The Balaban J connectivity index is 1.90. The summed E-state index contributed by atoms with van der Waals surface area (Å²) >= 11 is 6.31. The maximum Gasteiger partial charge on any atom is 0.305 e. The molecule has 0 atom stereocenters. The van der Waals surface area contributed by atoms with Crippen LogP contribution in [0.3, 0.4) is 0 Å². The zero-order valence-corrected chi connectivity index (χ0v) is 13.9. The Bertz CT molecular complexity index is 499. The summed E-state index contributed by atoms with van der Waals surface area (Å²) in [5, 5.41) is 12.4. The van der Waals surface area contributed by atoms with Gasteiger partial charge in [-0.1, -0.05) is 31.4 Å². The number of hydrogen-bond acceptors (Lipinski definition) is 3. The van der Waals surface area contributed by atoms with Crippen LogP contribution in [0.15, 0.2) is 18.2 Å². The first-order valence-corrected chi connectivity index (χ1v) is 8.48. The van der Waals surface area contributed by atoms with Crippen LogP contribution in [-0.2, 0) is 4.79 Å². The van der Waals surface area contributed by atoms with Crippen molar-refractivity contribution in [2.24, 2.45) is 5.92 Å². The van der Waals surface area contributed by atoms with Crippen LogP contribution >= 0.6 is 11.6 Å². The van der Waals surface area contributed by atoms with Crippen molar-refractivity contribution >= 4 is 28.9 Å². The number of piperidine rings is 1. The van der Waals surface area contributed by atoms with Gasteiger partial charge < -0.3 is 15.3 Å². The lowest BCUT2D eigenvalue weighted by Gasteiger charge is -2.33. The van der Waals surface area contributed by atoms with Crippen LogP contribution in [0.5, 0.6) is 0 Å². The van der Waals surface area contributed by atoms with E-state index >= 15 is 0 Å². The van der Waals surface area contributed by atoms with Crippen molar-refractivity contribution in [3.63, 3.8) is 0 Å². The molecule has 4 nitrogen and oxygen atoms in total. The van der Waals surface area contributed by atoms with Crippen molar-refractivity contribution in [3.05, 3.63) is 23.2 Å². The Morgan fingerprint density at radius 2 is 2.14 bits per heavy atom. The van der Waals surface area contributed by atoms with E-state index in [-0.39, 0.29) is 6.42 Å². The topological polar surface area (TPSA) is 52.6 Å². The van der Waals surface area contributed by atoms with Gasteiger partial charge in [0.1, 0.15) is 0 Å². The second-order valence-electron chi connectivity index (χ2n) is 5.95. The van der Waals surface area contributed by atoms with Crippen LogP contribution in [0, 0.1) is 5.92 Å². The molecule has 0 aliphatic carbocycles. The zero-order chi connectivity index (χ0) is 15.9. The summed E-state index contributed by atoms with van der Waals surface area (Å²) < 4.78 is 0. The van der Waals surface area contributed by atoms with E-state index in [1.807, 2.05) is 12.1 Å². The summed E-state index contributed by atoms with van der Waals surface area (Å²) in [6, 6.07) is 5.98. The lowest BCUT2D eigenvalue weighted by molar-refractivity contribution is -0.136. The third-order valence-corrected chi connectivity index (χ3v) is 4.60. The van der Waals surface area contributed by atoms with Crippen LogP contribution in [0.4, 0.5) is 11.4 Å². The van der Waals surface area contributed by atoms with E-state index in [1.165, 1.54) is 25.7 Å². The molecule has 122 valence electrons. The highest BCUT2D eigenvalue weighted by Crippen LogP contribution is 2.31. The van der Waals surface area contributed by atoms with Crippen LogP contribution < -0.4 is 10.2 Å². The first-order chi connectivity index (χ1) is 10.6. The molecule has 1 aromatic rings. The second-order valence-corrected chi connectivity index (χ2v) is 6.36. The molecule has 0 radical (unpaired) electrons. The third-order valence-electron chi connectivity index (χ3n) is 4.28. The maximum atomic E-state index is 10.5. The van der Waals surface area contributed by atoms with Crippen LogP contribution in [0.2, 0.25) is 5.02 Å². The number of benzene rings is 1. The first-order valence-electron chi connectivity index (χ1n) is 8.10. The Labute approximate surface area is 137 Å². The summed E-state index contributed by atoms with van der Waals surface area (Å²) in [6.07, 6.45) is 5.20. The van der Waals surface area contributed by atoms with Gasteiger partial charge in [-0.2, -0.15) is 0 Å². The molecule has 0 spiro atoms. The van der Waals surface area contributed by atoms with Crippen molar-refractivity contribution in [2.45, 2.75) is 39.0 Å². The number of nitrogens with one attached hydrogen (secondary N) is 1. The lowest BCUT2D eigenvalue weighted by atomic mass is 9.92. The van der Waals surface area contributed by atoms with Gasteiger partial charge in [0, 0.05) is 25.3 Å². The fraction of sp³-hybridized carbons (Fsp3) is 0.588. The highest BCUT2D eigenvalue weighted by molar-refractivity contribution is 6.33. The highest BCUT2D eigenvalue weighted by Gasteiger charge is 2.19. The molecule has 1 aliphatic rings. The van der Waals surface area contributed by atoms with Gasteiger partial charge >= 0.3 is 5.97 Å². The van der Waals surface area contributed by atoms with Crippen LogP contribution in [0.25, 0.3) is 0 Å². The van der Waals surface area contributed by atoms with E-state index in [0.717, 1.165) is 30.4 Å². The predicted molar refractivity (Wildman–Crippen MR) is 92.0 cm³/mol. The molecule has 0 aromatic heterocycles. The molecule has 0 bridgehead atoms. The Morgan fingerprint density at radius 1 is 1.41 bits per heavy atom. The van der Waals surface area contributed by atoms with Crippen molar-refractivity contribution in [1.29, 1.82) is 0 Å². The lowest BCUT2D eigenvalue weighted by Crippen LogP contribution is -2.33. The quantitative estimate of drug-likeness (QED) is 0.787. The summed E-state index contributed by atoms with van der Waals surface area (Å²) in [4.78, 5) is 12.9. The monoisotopic (exact) mass is 324 g/mol. The Kier molecular flexibility index (Phi) is 6.37. The third kappa shape index (κ3) is 4.80. The molecule has 1 saturated heterocycles. The molecule has 1 heterocycles. The summed E-state index contributed by atoms with van der Waals surface area (Å²) in [5.74, 6) is 0.0591. The average Bonchev–Trinajstić information content (AvgIpc) is 2.50. The van der Waals surface area contributed by atoms with E-state index in [1.54, 1.807) is 0 Å². The van der Waals surface area contributed by atoms with Crippen molar-refractivity contribution < 1.29 is 9.90 Å². The maximum absolute atomic E-state index is 10.5. The molecule has 1 aromatic carbocycles. The summed E-state index contributed by atoms with van der Waals surface area (Å²) in [7, 11) is 0. The number of carbonyl (C=O) groups is 1. The van der Waals surface area contributed by atoms with Crippen LogP contribution in [-0.4, -0.2) is 30.7 Å². The minimum atomic E-state index is -0.810. The number of anilines is 2. The van der Waals surface area contributed by atoms with Gasteiger partial charge in [0.25, 0.3) is 0 Å². The smallest absolute Gasteiger partial charge is 0.305 e. The van der Waals surface area contributed by atoms with E-state index in [2.05, 4.69) is 23.2 Å². The predicted octanol–water partition coefficient (Wildman–Crippen LogP) is 4.24. The van der Waals surface area contributed by atoms with Crippen molar-refractivity contribution in [2.75, 3.05) is 29.9 Å². The summed E-state index contributed by atoms with van der Waals surface area (Å²) in [5.41, 5.74) is 1.95. The number of halogens is 1. The average molecular weight is 325 g/mol. The van der Waals surface area contributed by atoms with Gasteiger partial charge in [-0.05, 0) is 37.0 Å². The number of carboxylic acids is 1. The van der Waals surface area contributed by atoms with E-state index < -0.39 is 5.97 Å². The van der Waals surface area contributed by atoms with Crippen LogP contribution in [0.1, 0.15) is 39.0 Å². The van der Waals surface area contributed by atoms with Gasteiger partial charge in [0.05, 0.1) is 17.1 Å². The van der Waals surface area contributed by atoms with Gasteiger partial charge in [0.15, 0.2) is 0 Å². The number of aliphatic carboxylic acids is 1. The molecule has 2 N–H and O–H groups in total. The minimum Gasteiger partial charge on any atom is -0.481 e. The molecular formula is C17H25ClN2O2.